The van der Waals surface area contributed by atoms with Crippen LogP contribution in [0.5, 0.6) is 0 Å². The van der Waals surface area contributed by atoms with E-state index in [1.165, 1.54) is 6.26 Å². The lowest BCUT2D eigenvalue weighted by Gasteiger charge is -2.23. The van der Waals surface area contributed by atoms with Gasteiger partial charge in [0.25, 0.3) is 0 Å². The number of pyridine rings is 2. The number of rotatable bonds is 4. The van der Waals surface area contributed by atoms with Gasteiger partial charge in [-0.05, 0) is 41.9 Å². The molecule has 0 unspecified atom stereocenters. The maximum atomic E-state index is 11.7. The Bertz CT molecular complexity index is 744. The SMILES string of the molecule is CC(C)(CNc1ccnc2cc(Br)cnc12)S(C)(=O)=O. The third-order valence-corrected chi connectivity index (χ3v) is 5.84. The summed E-state index contributed by atoms with van der Waals surface area (Å²) in [6, 6.07) is 3.66. The van der Waals surface area contributed by atoms with Gasteiger partial charge in [0.1, 0.15) is 5.52 Å². The minimum Gasteiger partial charge on any atom is -0.382 e. The molecule has 0 bridgehead atoms. The third kappa shape index (κ3) is 3.09. The Kier molecular flexibility index (Phi) is 4.02. The number of aromatic nitrogens is 2. The van der Waals surface area contributed by atoms with Crippen LogP contribution in [0.25, 0.3) is 11.0 Å². The number of hydrogen-bond acceptors (Lipinski definition) is 5. The Labute approximate surface area is 126 Å². The van der Waals surface area contributed by atoms with Crippen LogP contribution in [0.1, 0.15) is 13.8 Å². The molecule has 1 N–H and O–H groups in total. The first-order valence-electron chi connectivity index (χ1n) is 6.04. The van der Waals surface area contributed by atoms with Crippen molar-refractivity contribution < 1.29 is 8.42 Å². The summed E-state index contributed by atoms with van der Waals surface area (Å²) in [5.74, 6) is 0. The van der Waals surface area contributed by atoms with Gasteiger partial charge in [-0.1, -0.05) is 0 Å². The summed E-state index contributed by atoms with van der Waals surface area (Å²) in [4.78, 5) is 8.57. The number of nitrogens with one attached hydrogen (secondary N) is 1. The molecule has 0 spiro atoms. The van der Waals surface area contributed by atoms with Crippen LogP contribution < -0.4 is 5.32 Å². The maximum Gasteiger partial charge on any atom is 0.154 e. The van der Waals surface area contributed by atoms with Crippen molar-refractivity contribution in [3.8, 4) is 0 Å². The second-order valence-corrected chi connectivity index (χ2v) is 8.83. The molecule has 2 heterocycles. The molecule has 2 rings (SSSR count). The predicted octanol–water partition coefficient (Wildman–Crippen LogP) is 2.63. The van der Waals surface area contributed by atoms with E-state index in [1.54, 1.807) is 32.3 Å². The molecule has 0 aliphatic carbocycles. The summed E-state index contributed by atoms with van der Waals surface area (Å²) < 4.78 is 23.4. The standard InChI is InChI=1S/C13H16BrN3O2S/c1-13(2,20(3,18)19)8-17-10-4-5-15-11-6-9(14)7-16-12(10)11/h4-7H,8H2,1-3H3,(H,15,17). The Morgan fingerprint density at radius 3 is 2.70 bits per heavy atom. The largest absolute Gasteiger partial charge is 0.382 e. The predicted molar refractivity (Wildman–Crippen MR) is 84.7 cm³/mol. The summed E-state index contributed by atoms with van der Waals surface area (Å²) >= 11 is 3.35. The van der Waals surface area contributed by atoms with Crippen LogP contribution in [-0.2, 0) is 9.84 Å². The van der Waals surface area contributed by atoms with Gasteiger partial charge in [0.05, 0.1) is 16.0 Å². The maximum absolute atomic E-state index is 11.7. The van der Waals surface area contributed by atoms with Gasteiger partial charge >= 0.3 is 0 Å². The molecular formula is C13H16BrN3O2S. The highest BCUT2D eigenvalue weighted by Gasteiger charge is 2.30. The highest BCUT2D eigenvalue weighted by Crippen LogP contribution is 2.23. The van der Waals surface area contributed by atoms with Gasteiger partial charge in [-0.2, -0.15) is 0 Å². The van der Waals surface area contributed by atoms with Crippen molar-refractivity contribution in [3.63, 3.8) is 0 Å². The highest BCUT2D eigenvalue weighted by atomic mass is 79.9. The molecular weight excluding hydrogens is 342 g/mol. The van der Waals surface area contributed by atoms with Gasteiger partial charge in [-0.3, -0.25) is 9.97 Å². The molecule has 0 saturated carbocycles. The molecule has 2 aromatic heterocycles. The minimum absolute atomic E-state index is 0.308. The molecule has 0 aliphatic heterocycles. The van der Waals surface area contributed by atoms with Crippen LogP contribution in [-0.4, -0.2) is 35.9 Å². The normalized spacial score (nSPS) is 12.6. The Balaban J connectivity index is 2.32. The molecule has 0 fully saturated rings. The fourth-order valence-electron chi connectivity index (χ4n) is 1.59. The van der Waals surface area contributed by atoms with Gasteiger partial charge in [0.2, 0.25) is 0 Å². The van der Waals surface area contributed by atoms with Crippen LogP contribution in [0.2, 0.25) is 0 Å². The molecule has 0 radical (unpaired) electrons. The average molecular weight is 358 g/mol. The van der Waals surface area contributed by atoms with Crippen molar-refractivity contribution in [1.29, 1.82) is 0 Å². The number of hydrogen-bond donors (Lipinski definition) is 1. The zero-order valence-corrected chi connectivity index (χ0v) is 13.9. The van der Waals surface area contributed by atoms with Gasteiger partial charge in [-0.15, -0.1) is 0 Å². The summed E-state index contributed by atoms with van der Waals surface area (Å²) in [5, 5.41) is 3.16. The van der Waals surface area contributed by atoms with E-state index in [0.29, 0.717) is 6.54 Å². The van der Waals surface area contributed by atoms with Gasteiger partial charge < -0.3 is 5.32 Å². The van der Waals surface area contributed by atoms with E-state index in [9.17, 15) is 8.42 Å². The molecule has 0 amide bonds. The van der Waals surface area contributed by atoms with Crippen molar-refractivity contribution in [1.82, 2.24) is 9.97 Å². The molecule has 0 aromatic carbocycles. The second kappa shape index (κ2) is 5.29. The van der Waals surface area contributed by atoms with Crippen molar-refractivity contribution in [2.75, 3.05) is 18.1 Å². The molecule has 108 valence electrons. The summed E-state index contributed by atoms with van der Waals surface area (Å²) in [6.07, 6.45) is 4.61. The van der Waals surface area contributed by atoms with Gasteiger partial charge in [0, 0.05) is 29.7 Å². The lowest BCUT2D eigenvalue weighted by molar-refractivity contribution is 0.560. The topological polar surface area (TPSA) is 72.0 Å². The van der Waals surface area contributed by atoms with E-state index in [-0.39, 0.29) is 0 Å². The van der Waals surface area contributed by atoms with Crippen LogP contribution in [0.15, 0.2) is 29.0 Å². The lowest BCUT2D eigenvalue weighted by atomic mass is 10.2. The first-order valence-corrected chi connectivity index (χ1v) is 8.73. The number of nitrogens with zero attached hydrogens (tertiary/aromatic N) is 2. The Hall–Kier alpha value is -1.21. The molecule has 0 aliphatic rings. The average Bonchev–Trinajstić information content (AvgIpc) is 2.34. The van der Waals surface area contributed by atoms with Crippen LogP contribution in [0.3, 0.4) is 0 Å². The molecule has 0 atom stereocenters. The first-order chi connectivity index (χ1) is 9.21. The van der Waals surface area contributed by atoms with Gasteiger partial charge in [-0.25, -0.2) is 8.42 Å². The Morgan fingerprint density at radius 1 is 1.35 bits per heavy atom. The van der Waals surface area contributed by atoms with Crippen molar-refractivity contribution in [3.05, 3.63) is 29.0 Å². The Morgan fingerprint density at radius 2 is 2.05 bits per heavy atom. The highest BCUT2D eigenvalue weighted by molar-refractivity contribution is 9.10. The molecule has 20 heavy (non-hydrogen) atoms. The monoisotopic (exact) mass is 357 g/mol. The van der Waals surface area contributed by atoms with E-state index in [1.807, 2.05) is 6.07 Å². The van der Waals surface area contributed by atoms with Crippen LogP contribution >= 0.6 is 15.9 Å². The molecule has 7 heteroatoms. The van der Waals surface area contributed by atoms with Crippen LogP contribution in [0, 0.1) is 0 Å². The number of anilines is 1. The number of sulfone groups is 1. The summed E-state index contributed by atoms with van der Waals surface area (Å²) in [7, 11) is -3.14. The summed E-state index contributed by atoms with van der Waals surface area (Å²) in [6.45, 7) is 3.70. The third-order valence-electron chi connectivity index (χ3n) is 3.25. The zero-order valence-electron chi connectivity index (χ0n) is 11.5. The van der Waals surface area contributed by atoms with E-state index < -0.39 is 14.6 Å². The van der Waals surface area contributed by atoms with E-state index in [4.69, 9.17) is 0 Å². The minimum atomic E-state index is -3.14. The quantitative estimate of drug-likeness (QED) is 0.910. The molecule has 0 saturated heterocycles. The van der Waals surface area contributed by atoms with Crippen LogP contribution in [0.4, 0.5) is 5.69 Å². The first kappa shape index (κ1) is 15.2. The van der Waals surface area contributed by atoms with Crippen molar-refractivity contribution >= 4 is 42.5 Å². The lowest BCUT2D eigenvalue weighted by Crippen LogP contribution is -2.38. The zero-order chi connectivity index (χ0) is 15.0. The van der Waals surface area contributed by atoms with E-state index >= 15 is 0 Å². The van der Waals surface area contributed by atoms with E-state index in [0.717, 1.165) is 21.2 Å². The van der Waals surface area contributed by atoms with Crippen molar-refractivity contribution in [2.45, 2.75) is 18.6 Å². The second-order valence-electron chi connectivity index (χ2n) is 5.27. The van der Waals surface area contributed by atoms with E-state index in [2.05, 4.69) is 31.2 Å². The molecule has 5 nitrogen and oxygen atoms in total. The van der Waals surface area contributed by atoms with Gasteiger partial charge in [0.15, 0.2) is 9.84 Å². The number of halogens is 1. The fraction of sp³-hybridized carbons (Fsp3) is 0.385. The van der Waals surface area contributed by atoms with Crippen molar-refractivity contribution in [2.24, 2.45) is 0 Å². The smallest absolute Gasteiger partial charge is 0.154 e. The molecule has 2 aromatic rings. The summed E-state index contributed by atoms with van der Waals surface area (Å²) in [5.41, 5.74) is 2.25. The fourth-order valence-corrected chi connectivity index (χ4v) is 2.24. The number of fused-ring (bicyclic) bond motifs is 1.